The number of carbonyl (C=O) groups is 6. The zero-order valence-corrected chi connectivity index (χ0v) is 19.7. The summed E-state index contributed by atoms with van der Waals surface area (Å²) in [6.07, 6.45) is -2.79. The van der Waals surface area contributed by atoms with Crippen LogP contribution in [0.25, 0.3) is 0 Å². The molecule has 0 saturated heterocycles. The first-order valence-electron chi connectivity index (χ1n) is 10.8. The van der Waals surface area contributed by atoms with Crippen LogP contribution < -0.4 is 38.9 Å². The number of aliphatic carboxylic acids is 2. The van der Waals surface area contributed by atoms with Gasteiger partial charge in [0.2, 0.25) is 23.6 Å². The highest BCUT2D eigenvalue weighted by molar-refractivity contribution is 5.95. The fourth-order valence-electron chi connectivity index (χ4n) is 2.80. The summed E-state index contributed by atoms with van der Waals surface area (Å²) < 4.78 is 0. The Morgan fingerprint density at radius 3 is 1.86 bits per heavy atom. The van der Waals surface area contributed by atoms with Gasteiger partial charge in [-0.3, -0.25) is 29.0 Å². The molecule has 0 aromatic carbocycles. The number of carboxylic acids is 2. The van der Waals surface area contributed by atoms with Crippen molar-refractivity contribution in [2.75, 3.05) is 6.54 Å². The normalized spacial score (nSPS) is 14.8. The summed E-state index contributed by atoms with van der Waals surface area (Å²) >= 11 is 0. The second kappa shape index (κ2) is 15.8. The Morgan fingerprint density at radius 1 is 0.861 bits per heavy atom. The zero-order valence-electron chi connectivity index (χ0n) is 19.7. The summed E-state index contributed by atoms with van der Waals surface area (Å²) in [4.78, 5) is 74.9. The Hall–Kier alpha value is -3.99. The summed E-state index contributed by atoms with van der Waals surface area (Å²) in [6.45, 7) is 1.20. The van der Waals surface area contributed by atoms with Crippen LogP contribution in [0.15, 0.2) is 4.99 Å². The number of nitrogens with two attached hydrogens (primary N) is 4. The lowest BCUT2D eigenvalue weighted by Gasteiger charge is -2.25. The molecule has 0 bridgehead atoms. The minimum Gasteiger partial charge on any atom is -0.481 e. The van der Waals surface area contributed by atoms with Crippen LogP contribution in [0.1, 0.15) is 39.0 Å². The molecule has 0 radical (unpaired) electrons. The van der Waals surface area contributed by atoms with Gasteiger partial charge in [-0.15, -0.1) is 0 Å². The number of aliphatic imine (C=N–C) groups is 1. The maximum Gasteiger partial charge on any atom is 0.328 e. The predicted octanol–water partition coefficient (Wildman–Crippen LogP) is -4.97. The first kappa shape index (κ1) is 32.0. The number of rotatable bonds is 17. The molecular weight excluding hydrogens is 484 g/mol. The lowest BCUT2D eigenvalue weighted by atomic mass is 10.1. The third-order valence-electron chi connectivity index (χ3n) is 4.67. The van der Waals surface area contributed by atoms with Crippen LogP contribution in [-0.4, -0.2) is 93.7 Å². The molecule has 4 amide bonds. The van der Waals surface area contributed by atoms with Crippen molar-refractivity contribution in [3.63, 3.8) is 0 Å². The van der Waals surface area contributed by atoms with Gasteiger partial charge in [0.05, 0.1) is 18.6 Å². The number of aliphatic hydroxyl groups excluding tert-OH is 1. The van der Waals surface area contributed by atoms with Gasteiger partial charge in [-0.05, 0) is 26.2 Å². The third kappa shape index (κ3) is 13.0. The van der Waals surface area contributed by atoms with Crippen molar-refractivity contribution in [3.05, 3.63) is 0 Å². The fraction of sp³-hybridized carbons (Fsp3) is 0.632. The summed E-state index contributed by atoms with van der Waals surface area (Å²) in [7, 11) is 0. The van der Waals surface area contributed by atoms with Crippen molar-refractivity contribution in [3.8, 4) is 0 Å². The largest absolute Gasteiger partial charge is 0.481 e. The van der Waals surface area contributed by atoms with Gasteiger partial charge in [0, 0.05) is 13.0 Å². The summed E-state index contributed by atoms with van der Waals surface area (Å²) in [5.74, 6) is -6.84. The number of guanidine groups is 1. The monoisotopic (exact) mass is 518 g/mol. The molecule has 0 saturated carbocycles. The third-order valence-corrected chi connectivity index (χ3v) is 4.67. The number of amides is 4. The van der Waals surface area contributed by atoms with Crippen LogP contribution in [0.2, 0.25) is 0 Å². The van der Waals surface area contributed by atoms with Gasteiger partial charge in [-0.2, -0.15) is 0 Å². The molecule has 14 N–H and O–H groups in total. The number of aliphatic hydroxyl groups is 1. The minimum atomic E-state index is -1.71. The lowest BCUT2D eigenvalue weighted by Crippen LogP contribution is -2.58. The summed E-state index contributed by atoms with van der Waals surface area (Å²) in [6, 6.07) is -6.00. The number of carboxylic acid groups (broad SMARTS) is 2. The Labute approximate surface area is 206 Å². The van der Waals surface area contributed by atoms with Crippen LogP contribution in [0, 0.1) is 0 Å². The van der Waals surface area contributed by atoms with Gasteiger partial charge in [0.1, 0.15) is 12.1 Å². The molecule has 204 valence electrons. The molecule has 5 unspecified atom stereocenters. The highest BCUT2D eigenvalue weighted by atomic mass is 16.4. The van der Waals surface area contributed by atoms with Crippen molar-refractivity contribution in [1.82, 2.24) is 16.0 Å². The number of hydrogen-bond donors (Lipinski definition) is 10. The van der Waals surface area contributed by atoms with Crippen LogP contribution in [0.3, 0.4) is 0 Å². The van der Waals surface area contributed by atoms with Crippen molar-refractivity contribution in [2.45, 2.75) is 69.3 Å². The van der Waals surface area contributed by atoms with Crippen molar-refractivity contribution in [2.24, 2.45) is 27.9 Å². The van der Waals surface area contributed by atoms with Crippen molar-refractivity contribution < 1.29 is 44.1 Å². The van der Waals surface area contributed by atoms with Crippen LogP contribution in [0.5, 0.6) is 0 Å². The Bertz CT molecular complexity index is 845. The molecule has 17 nitrogen and oxygen atoms in total. The van der Waals surface area contributed by atoms with E-state index in [0.717, 1.165) is 6.92 Å². The zero-order chi connectivity index (χ0) is 28.0. The second-order valence-electron chi connectivity index (χ2n) is 7.85. The SMILES string of the molecule is CC(O)C(NC(=O)C(CCC(N)=O)NC(=O)C(CCCN=C(N)N)NC(=O)C(N)CC(=O)O)C(=O)O. The Morgan fingerprint density at radius 2 is 1.39 bits per heavy atom. The Kier molecular flexibility index (Phi) is 14.1. The summed E-state index contributed by atoms with van der Waals surface area (Å²) in [5, 5.41) is 34.2. The number of hydrogen-bond acceptors (Lipinski definition) is 9. The number of primary amides is 1. The van der Waals surface area contributed by atoms with E-state index >= 15 is 0 Å². The smallest absolute Gasteiger partial charge is 0.328 e. The number of nitrogens with one attached hydrogen (secondary N) is 3. The highest BCUT2D eigenvalue weighted by Gasteiger charge is 2.32. The molecule has 0 aliphatic heterocycles. The molecule has 0 fully saturated rings. The van der Waals surface area contributed by atoms with E-state index in [-0.39, 0.29) is 38.2 Å². The topological polar surface area (TPSA) is 316 Å². The fourth-order valence-corrected chi connectivity index (χ4v) is 2.80. The maximum absolute atomic E-state index is 12.9. The van der Waals surface area contributed by atoms with Gasteiger partial charge < -0.3 is 54.2 Å². The molecule has 0 aromatic rings. The molecule has 36 heavy (non-hydrogen) atoms. The first-order valence-corrected chi connectivity index (χ1v) is 10.8. The van der Waals surface area contributed by atoms with E-state index in [1.807, 2.05) is 0 Å². The molecule has 5 atom stereocenters. The standard InChI is InChI=1S/C19H34N8O9/c1-8(28)14(18(35)36)27-17(34)11(4-5-12(21)29)26-16(33)10(3-2-6-24-19(22)23)25-15(32)9(20)7-13(30)31/h8-11,14,28H,2-7,20H2,1H3,(H2,21,29)(H,25,32)(H,26,33)(H,27,34)(H,30,31)(H,35,36)(H4,22,23,24). The van der Waals surface area contributed by atoms with E-state index in [0.29, 0.717) is 0 Å². The van der Waals surface area contributed by atoms with Crippen molar-refractivity contribution in [1.29, 1.82) is 0 Å². The average molecular weight is 519 g/mol. The Balaban J connectivity index is 5.69. The molecule has 0 aliphatic carbocycles. The van der Waals surface area contributed by atoms with E-state index in [2.05, 4.69) is 20.9 Å². The lowest BCUT2D eigenvalue weighted by molar-refractivity contribution is -0.145. The summed E-state index contributed by atoms with van der Waals surface area (Å²) in [5.41, 5.74) is 21.1. The van der Waals surface area contributed by atoms with Gasteiger partial charge in [0.25, 0.3) is 0 Å². The van der Waals surface area contributed by atoms with E-state index in [4.69, 9.17) is 33.1 Å². The number of carbonyl (C=O) groups excluding carboxylic acids is 4. The molecule has 17 heteroatoms. The van der Waals surface area contributed by atoms with Crippen LogP contribution in [0.4, 0.5) is 0 Å². The first-order chi connectivity index (χ1) is 16.6. The molecular formula is C19H34N8O9. The second-order valence-corrected chi connectivity index (χ2v) is 7.85. The molecule has 0 aliphatic rings. The van der Waals surface area contributed by atoms with Gasteiger partial charge >= 0.3 is 11.9 Å². The minimum absolute atomic E-state index is 0.0657. The molecule has 0 aromatic heterocycles. The maximum atomic E-state index is 12.9. The van der Waals surface area contributed by atoms with E-state index in [9.17, 15) is 33.9 Å². The van der Waals surface area contributed by atoms with E-state index in [1.165, 1.54) is 0 Å². The van der Waals surface area contributed by atoms with E-state index < -0.39 is 72.3 Å². The van der Waals surface area contributed by atoms with Crippen molar-refractivity contribution >= 4 is 41.5 Å². The highest BCUT2D eigenvalue weighted by Crippen LogP contribution is 2.05. The quantitative estimate of drug-likeness (QED) is 0.0491. The number of nitrogens with zero attached hydrogens (tertiary/aromatic N) is 1. The molecule has 0 rings (SSSR count). The van der Waals surface area contributed by atoms with Gasteiger partial charge in [-0.25, -0.2) is 4.79 Å². The van der Waals surface area contributed by atoms with Crippen LogP contribution in [-0.2, 0) is 28.8 Å². The van der Waals surface area contributed by atoms with Gasteiger partial charge in [-0.1, -0.05) is 0 Å². The van der Waals surface area contributed by atoms with Gasteiger partial charge in [0.15, 0.2) is 12.0 Å². The average Bonchev–Trinajstić information content (AvgIpc) is 2.75. The molecule has 0 heterocycles. The molecule has 0 spiro atoms. The predicted molar refractivity (Wildman–Crippen MR) is 124 cm³/mol. The van der Waals surface area contributed by atoms with E-state index in [1.54, 1.807) is 0 Å². The van der Waals surface area contributed by atoms with Crippen LogP contribution >= 0.6 is 0 Å².